The van der Waals surface area contributed by atoms with Crippen LogP contribution in [0.1, 0.15) is 0 Å². The van der Waals surface area contributed by atoms with Gasteiger partial charge in [-0.2, -0.15) is 0 Å². The van der Waals surface area contributed by atoms with E-state index in [9.17, 15) is 17.5 Å². The van der Waals surface area contributed by atoms with E-state index in [1.54, 1.807) is 60.7 Å². The average Bonchev–Trinajstić information content (AvgIpc) is 2.41. The van der Waals surface area contributed by atoms with E-state index in [0.29, 0.717) is 9.79 Å². The fourth-order valence-corrected chi connectivity index (χ4v) is 1.82. The summed E-state index contributed by atoms with van der Waals surface area (Å²) in [6.45, 7) is 0. The Labute approximate surface area is 132 Å². The van der Waals surface area contributed by atoms with Gasteiger partial charge in [-0.3, -0.25) is 8.42 Å². The van der Waals surface area contributed by atoms with Crippen LogP contribution in [0.4, 0.5) is 0 Å². The SMILES string of the molecule is O=S([O-])c1ccccc1.O=S([O-])c1ccccc1.[Ag+2]. The Kier molecular flexibility index (Phi) is 9.90. The Morgan fingerprint density at radius 2 is 0.895 bits per heavy atom. The fraction of sp³-hybridized carbons (Fsp3) is 0. The van der Waals surface area contributed by atoms with Gasteiger partial charge in [-0.25, -0.2) is 0 Å². The molecule has 7 heteroatoms. The molecule has 0 fully saturated rings. The molecule has 0 aromatic heterocycles. The molecule has 0 aliphatic carbocycles. The second-order valence-corrected chi connectivity index (χ2v) is 4.98. The maximum absolute atomic E-state index is 10.2. The van der Waals surface area contributed by atoms with Gasteiger partial charge < -0.3 is 9.11 Å². The average molecular weight is 390 g/mol. The van der Waals surface area contributed by atoms with Crippen LogP contribution in [-0.2, 0) is 44.5 Å². The molecular weight excluding hydrogens is 380 g/mol. The molecule has 2 rings (SSSR count). The Bertz CT molecular complexity index is 470. The van der Waals surface area contributed by atoms with Gasteiger partial charge in [0.1, 0.15) is 0 Å². The standard InChI is InChI=1S/2C6H6O2S.Ag/c2*7-9(8)6-4-2-1-3-5-6;/h2*1-5H,(H,7,8);/q;;+2/p-2. The van der Waals surface area contributed by atoms with Crippen molar-refractivity contribution >= 4 is 22.2 Å². The van der Waals surface area contributed by atoms with Gasteiger partial charge in [-0.1, -0.05) is 36.4 Å². The van der Waals surface area contributed by atoms with Gasteiger partial charge >= 0.3 is 22.4 Å². The number of rotatable bonds is 2. The summed E-state index contributed by atoms with van der Waals surface area (Å²) in [5.41, 5.74) is 0. The summed E-state index contributed by atoms with van der Waals surface area (Å²) in [5.74, 6) is 0. The second-order valence-electron chi connectivity index (χ2n) is 3.10. The molecule has 0 bridgehead atoms. The summed E-state index contributed by atoms with van der Waals surface area (Å²) in [6.07, 6.45) is 0. The van der Waals surface area contributed by atoms with Crippen molar-refractivity contribution in [1.29, 1.82) is 0 Å². The van der Waals surface area contributed by atoms with Crippen LogP contribution < -0.4 is 0 Å². The van der Waals surface area contributed by atoms with Gasteiger partial charge in [0.15, 0.2) is 0 Å². The number of benzene rings is 2. The molecule has 4 nitrogen and oxygen atoms in total. The van der Waals surface area contributed by atoms with Gasteiger partial charge in [-0.05, 0) is 46.4 Å². The van der Waals surface area contributed by atoms with E-state index in [-0.39, 0.29) is 22.4 Å². The van der Waals surface area contributed by atoms with Crippen LogP contribution in [0.25, 0.3) is 0 Å². The molecule has 19 heavy (non-hydrogen) atoms. The van der Waals surface area contributed by atoms with Crippen LogP contribution in [-0.4, -0.2) is 17.5 Å². The Morgan fingerprint density at radius 3 is 1.05 bits per heavy atom. The summed E-state index contributed by atoms with van der Waals surface area (Å²) < 4.78 is 40.8. The smallest absolute Gasteiger partial charge is 0.768 e. The number of hydrogen-bond donors (Lipinski definition) is 0. The van der Waals surface area contributed by atoms with Gasteiger partial charge in [0.05, 0.1) is 0 Å². The summed E-state index contributed by atoms with van der Waals surface area (Å²) in [4.78, 5) is 0.662. The Morgan fingerprint density at radius 1 is 0.632 bits per heavy atom. The minimum atomic E-state index is -2.08. The molecule has 0 aliphatic heterocycles. The van der Waals surface area contributed by atoms with Gasteiger partial charge in [-0.15, -0.1) is 0 Å². The zero-order valence-electron chi connectivity index (χ0n) is 9.52. The van der Waals surface area contributed by atoms with Gasteiger partial charge in [0.25, 0.3) is 0 Å². The Balaban J connectivity index is 0.000000324. The molecule has 1 radical (unpaired) electrons. The first-order valence-electron chi connectivity index (χ1n) is 4.90. The van der Waals surface area contributed by atoms with E-state index in [2.05, 4.69) is 0 Å². The maximum atomic E-state index is 10.2. The third kappa shape index (κ3) is 7.54. The molecular formula is C12H10AgO4S2. The van der Waals surface area contributed by atoms with E-state index in [1.807, 2.05) is 0 Å². The monoisotopic (exact) mass is 389 g/mol. The van der Waals surface area contributed by atoms with Crippen LogP contribution in [0.5, 0.6) is 0 Å². The zero-order valence-corrected chi connectivity index (χ0v) is 12.6. The first kappa shape index (κ1) is 18.4. The molecule has 2 aromatic rings. The van der Waals surface area contributed by atoms with Crippen molar-refractivity contribution in [2.45, 2.75) is 9.79 Å². The largest absolute Gasteiger partial charge is 2.00 e. The Hall–Kier alpha value is -0.600. The van der Waals surface area contributed by atoms with E-state index >= 15 is 0 Å². The summed E-state index contributed by atoms with van der Waals surface area (Å²) in [5, 5.41) is 0. The molecule has 0 amide bonds. The van der Waals surface area contributed by atoms with Crippen LogP contribution in [0.2, 0.25) is 0 Å². The minimum Gasteiger partial charge on any atom is -0.768 e. The van der Waals surface area contributed by atoms with Gasteiger partial charge in [0, 0.05) is 9.79 Å². The van der Waals surface area contributed by atoms with Gasteiger partial charge in [0.2, 0.25) is 0 Å². The first-order valence-corrected chi connectivity index (χ1v) is 7.05. The van der Waals surface area contributed by atoms with E-state index < -0.39 is 22.2 Å². The van der Waals surface area contributed by atoms with Crippen molar-refractivity contribution in [3.05, 3.63) is 60.7 Å². The third-order valence-electron chi connectivity index (χ3n) is 1.87. The van der Waals surface area contributed by atoms with Crippen molar-refractivity contribution in [2.24, 2.45) is 0 Å². The molecule has 0 aliphatic rings. The van der Waals surface area contributed by atoms with Crippen LogP contribution in [0.15, 0.2) is 70.5 Å². The summed E-state index contributed by atoms with van der Waals surface area (Å²) in [6, 6.07) is 16.5. The molecule has 0 saturated carbocycles. The molecule has 105 valence electrons. The fourth-order valence-electron chi connectivity index (χ4n) is 1.06. The van der Waals surface area contributed by atoms with Crippen LogP contribution in [0.3, 0.4) is 0 Å². The molecule has 2 atom stereocenters. The first-order chi connectivity index (χ1) is 8.61. The van der Waals surface area contributed by atoms with Crippen molar-refractivity contribution in [1.82, 2.24) is 0 Å². The predicted octanol–water partition coefficient (Wildman–Crippen LogP) is 1.85. The van der Waals surface area contributed by atoms with Crippen molar-refractivity contribution in [3.63, 3.8) is 0 Å². The van der Waals surface area contributed by atoms with E-state index in [4.69, 9.17) is 0 Å². The van der Waals surface area contributed by atoms with Crippen molar-refractivity contribution < 1.29 is 39.9 Å². The maximum Gasteiger partial charge on any atom is 2.00 e. The van der Waals surface area contributed by atoms with Crippen LogP contribution in [0, 0.1) is 0 Å². The topological polar surface area (TPSA) is 80.3 Å². The zero-order chi connectivity index (χ0) is 13.4. The molecule has 2 aromatic carbocycles. The van der Waals surface area contributed by atoms with E-state index in [0.717, 1.165) is 0 Å². The summed E-state index contributed by atoms with van der Waals surface area (Å²) >= 11 is -4.16. The van der Waals surface area contributed by atoms with E-state index in [1.165, 1.54) is 0 Å². The predicted molar refractivity (Wildman–Crippen MR) is 67.3 cm³/mol. The molecule has 0 saturated heterocycles. The number of hydrogen-bond acceptors (Lipinski definition) is 4. The molecule has 0 N–H and O–H groups in total. The molecule has 0 heterocycles. The van der Waals surface area contributed by atoms with Crippen LogP contribution >= 0.6 is 0 Å². The summed E-state index contributed by atoms with van der Waals surface area (Å²) in [7, 11) is 0. The molecule has 0 spiro atoms. The normalized spacial score (nSPS) is 12.3. The van der Waals surface area contributed by atoms with Crippen molar-refractivity contribution in [2.75, 3.05) is 0 Å². The molecule has 2 unspecified atom stereocenters. The quantitative estimate of drug-likeness (QED) is 0.579. The third-order valence-corrected chi connectivity index (χ3v) is 3.19. The minimum absolute atomic E-state index is 0. The second kappa shape index (κ2) is 10.2. The van der Waals surface area contributed by atoms with Crippen molar-refractivity contribution in [3.8, 4) is 0 Å².